The molecule has 1 saturated heterocycles. The molecule has 160 valence electrons. The van der Waals surface area contributed by atoms with Crippen LogP contribution in [0.1, 0.15) is 54.2 Å². The van der Waals surface area contributed by atoms with Crippen molar-refractivity contribution in [1.29, 1.82) is 0 Å². The topological polar surface area (TPSA) is 3.24 Å². The fraction of sp³-hybridized carbons (Fsp3) is 0.400. The van der Waals surface area contributed by atoms with Crippen LogP contribution in [0.2, 0.25) is 0 Å². The predicted octanol–water partition coefficient (Wildman–Crippen LogP) is 6.92. The molecule has 1 aliphatic carbocycles. The maximum atomic E-state index is 2.77. The zero-order valence-corrected chi connectivity index (χ0v) is 18.6. The van der Waals surface area contributed by atoms with E-state index in [1.165, 1.54) is 62.9 Å². The number of nitrogens with zero attached hydrogens (tertiary/aromatic N) is 1. The molecule has 0 amide bonds. The Morgan fingerprint density at radius 3 is 1.87 bits per heavy atom. The van der Waals surface area contributed by atoms with Crippen LogP contribution in [-0.4, -0.2) is 24.5 Å². The lowest BCUT2D eigenvalue weighted by atomic mass is 9.86. The van der Waals surface area contributed by atoms with Gasteiger partial charge in [0.1, 0.15) is 0 Å². The molecule has 3 atom stereocenters. The number of rotatable bonds is 6. The summed E-state index contributed by atoms with van der Waals surface area (Å²) in [6, 6.07) is 33.6. The minimum atomic E-state index is 0.710. The van der Waals surface area contributed by atoms with Crippen molar-refractivity contribution in [2.75, 3.05) is 19.6 Å². The van der Waals surface area contributed by atoms with Crippen molar-refractivity contribution in [2.45, 2.75) is 43.9 Å². The van der Waals surface area contributed by atoms with Crippen LogP contribution >= 0.6 is 0 Å². The number of hydrogen-bond donors (Lipinski definition) is 0. The molecule has 0 radical (unpaired) electrons. The highest BCUT2D eigenvalue weighted by molar-refractivity contribution is 5.24. The lowest BCUT2D eigenvalue weighted by Gasteiger charge is -2.35. The van der Waals surface area contributed by atoms with Gasteiger partial charge in [-0.05, 0) is 85.6 Å². The molecule has 0 aromatic heterocycles. The van der Waals surface area contributed by atoms with Gasteiger partial charge in [-0.1, -0.05) is 91.0 Å². The standard InChI is InChI=1S/C30H35N/c1-4-10-24(11-5-1)20-25-21-29(30(22-25)28-14-8-3-9-15-28)23-31-18-16-27(17-19-31)26-12-6-2-7-13-26/h1-15,25,27,29-30H,16-23H2/t25?,29-,30-/m1/s1. The van der Waals surface area contributed by atoms with Crippen molar-refractivity contribution in [3.8, 4) is 0 Å². The second-order valence-electron chi connectivity index (χ2n) is 9.79. The van der Waals surface area contributed by atoms with Gasteiger partial charge in [0.25, 0.3) is 0 Å². The summed E-state index contributed by atoms with van der Waals surface area (Å²) in [4.78, 5) is 2.77. The van der Waals surface area contributed by atoms with Gasteiger partial charge >= 0.3 is 0 Å². The summed E-state index contributed by atoms with van der Waals surface area (Å²) < 4.78 is 0. The van der Waals surface area contributed by atoms with Crippen molar-refractivity contribution in [3.63, 3.8) is 0 Å². The van der Waals surface area contributed by atoms with Crippen LogP contribution < -0.4 is 0 Å². The smallest absolute Gasteiger partial charge is 0.00156 e. The minimum Gasteiger partial charge on any atom is -0.303 e. The lowest BCUT2D eigenvalue weighted by Crippen LogP contribution is -2.37. The molecule has 1 aliphatic heterocycles. The van der Waals surface area contributed by atoms with Crippen LogP contribution in [0.3, 0.4) is 0 Å². The van der Waals surface area contributed by atoms with Gasteiger partial charge < -0.3 is 4.90 Å². The van der Waals surface area contributed by atoms with Crippen molar-refractivity contribution in [2.24, 2.45) is 11.8 Å². The third kappa shape index (κ3) is 5.10. The fourth-order valence-corrected chi connectivity index (χ4v) is 6.17. The highest BCUT2D eigenvalue weighted by Crippen LogP contribution is 2.45. The molecule has 1 saturated carbocycles. The lowest BCUT2D eigenvalue weighted by molar-refractivity contribution is 0.176. The average molecular weight is 410 g/mol. The summed E-state index contributed by atoms with van der Waals surface area (Å²) in [6.07, 6.45) is 6.55. The van der Waals surface area contributed by atoms with Crippen LogP contribution in [0.5, 0.6) is 0 Å². The maximum absolute atomic E-state index is 2.77. The Kier molecular flexibility index (Phi) is 6.51. The molecule has 0 spiro atoms. The first kappa shape index (κ1) is 20.5. The molecule has 2 aliphatic rings. The van der Waals surface area contributed by atoms with E-state index in [1.807, 2.05) is 0 Å². The maximum Gasteiger partial charge on any atom is 0.00156 e. The van der Waals surface area contributed by atoms with E-state index < -0.39 is 0 Å². The zero-order chi connectivity index (χ0) is 20.9. The zero-order valence-electron chi connectivity index (χ0n) is 18.6. The Bertz CT molecular complexity index is 912. The molecule has 1 heterocycles. The predicted molar refractivity (Wildman–Crippen MR) is 130 cm³/mol. The van der Waals surface area contributed by atoms with E-state index in [0.717, 1.165) is 17.8 Å². The van der Waals surface area contributed by atoms with Gasteiger partial charge in [0, 0.05) is 6.54 Å². The SMILES string of the molecule is c1ccc(CC2C[C@H](CN3CCC(c4ccccc4)CC3)[C@@H](c3ccccc3)C2)cc1. The molecule has 0 bridgehead atoms. The van der Waals surface area contributed by atoms with Crippen molar-refractivity contribution in [3.05, 3.63) is 108 Å². The summed E-state index contributed by atoms with van der Waals surface area (Å²) in [5, 5.41) is 0. The molecule has 2 fully saturated rings. The van der Waals surface area contributed by atoms with Crippen molar-refractivity contribution in [1.82, 2.24) is 4.90 Å². The largest absolute Gasteiger partial charge is 0.303 e. The monoisotopic (exact) mass is 409 g/mol. The molecule has 1 unspecified atom stereocenters. The first-order valence-corrected chi connectivity index (χ1v) is 12.2. The summed E-state index contributed by atoms with van der Waals surface area (Å²) in [5.41, 5.74) is 4.60. The third-order valence-corrected chi connectivity index (χ3v) is 7.74. The van der Waals surface area contributed by atoms with E-state index in [0.29, 0.717) is 5.92 Å². The first-order valence-electron chi connectivity index (χ1n) is 12.2. The van der Waals surface area contributed by atoms with E-state index in [1.54, 1.807) is 5.56 Å². The van der Waals surface area contributed by atoms with E-state index in [2.05, 4.69) is 95.9 Å². The molecule has 3 aromatic carbocycles. The number of benzene rings is 3. The molecular formula is C30H35N. The summed E-state index contributed by atoms with van der Waals surface area (Å²) in [5.74, 6) is 3.04. The number of piperidine rings is 1. The Labute approximate surface area is 188 Å². The van der Waals surface area contributed by atoms with Crippen LogP contribution in [0.25, 0.3) is 0 Å². The molecule has 5 rings (SSSR count). The van der Waals surface area contributed by atoms with Gasteiger partial charge in [-0.15, -0.1) is 0 Å². The molecule has 1 heteroatoms. The summed E-state index contributed by atoms with van der Waals surface area (Å²) >= 11 is 0. The highest BCUT2D eigenvalue weighted by Gasteiger charge is 2.36. The van der Waals surface area contributed by atoms with Gasteiger partial charge in [-0.25, -0.2) is 0 Å². The van der Waals surface area contributed by atoms with Gasteiger partial charge in [0.2, 0.25) is 0 Å². The number of hydrogen-bond acceptors (Lipinski definition) is 1. The van der Waals surface area contributed by atoms with E-state index in [-0.39, 0.29) is 0 Å². The Balaban J connectivity index is 1.24. The van der Waals surface area contributed by atoms with Gasteiger partial charge in [0.15, 0.2) is 0 Å². The van der Waals surface area contributed by atoms with Crippen LogP contribution in [0.4, 0.5) is 0 Å². The first-order chi connectivity index (χ1) is 15.3. The quantitative estimate of drug-likeness (QED) is 0.427. The van der Waals surface area contributed by atoms with Gasteiger partial charge in [-0.2, -0.15) is 0 Å². The fourth-order valence-electron chi connectivity index (χ4n) is 6.17. The van der Waals surface area contributed by atoms with Crippen LogP contribution in [-0.2, 0) is 6.42 Å². The highest BCUT2D eigenvalue weighted by atomic mass is 15.1. The molecule has 31 heavy (non-hydrogen) atoms. The van der Waals surface area contributed by atoms with Gasteiger partial charge in [-0.3, -0.25) is 0 Å². The second-order valence-corrected chi connectivity index (χ2v) is 9.79. The van der Waals surface area contributed by atoms with E-state index >= 15 is 0 Å². The Morgan fingerprint density at radius 1 is 0.645 bits per heavy atom. The molecule has 0 N–H and O–H groups in total. The van der Waals surface area contributed by atoms with E-state index in [4.69, 9.17) is 0 Å². The van der Waals surface area contributed by atoms with Gasteiger partial charge in [0.05, 0.1) is 0 Å². The number of likely N-dealkylation sites (tertiary alicyclic amines) is 1. The van der Waals surface area contributed by atoms with Crippen molar-refractivity contribution >= 4 is 0 Å². The molecular weight excluding hydrogens is 374 g/mol. The van der Waals surface area contributed by atoms with Crippen LogP contribution in [0.15, 0.2) is 91.0 Å². The third-order valence-electron chi connectivity index (χ3n) is 7.74. The molecule has 3 aromatic rings. The van der Waals surface area contributed by atoms with E-state index in [9.17, 15) is 0 Å². The summed E-state index contributed by atoms with van der Waals surface area (Å²) in [7, 11) is 0. The normalized spacial score (nSPS) is 25.0. The second kappa shape index (κ2) is 9.83. The average Bonchev–Trinajstić information content (AvgIpc) is 3.23. The van der Waals surface area contributed by atoms with Crippen LogP contribution in [0, 0.1) is 11.8 Å². The Morgan fingerprint density at radius 2 is 1.23 bits per heavy atom. The van der Waals surface area contributed by atoms with Crippen molar-refractivity contribution < 1.29 is 0 Å². The Hall–Kier alpha value is -2.38. The minimum absolute atomic E-state index is 0.710. The molecule has 1 nitrogen and oxygen atoms in total. The summed E-state index contributed by atoms with van der Waals surface area (Å²) in [6.45, 7) is 3.77.